The van der Waals surface area contributed by atoms with Crippen LogP contribution in [0, 0.1) is 11.3 Å². The van der Waals surface area contributed by atoms with Gasteiger partial charge < -0.3 is 13.6 Å². The molecule has 0 aliphatic rings. The number of nitriles is 1. The van der Waals surface area contributed by atoms with E-state index < -0.39 is 0 Å². The van der Waals surface area contributed by atoms with Crippen LogP contribution in [0.2, 0.25) is 0 Å². The Bertz CT molecular complexity index is 2880. The van der Waals surface area contributed by atoms with Crippen LogP contribution in [0.1, 0.15) is 5.56 Å². The summed E-state index contributed by atoms with van der Waals surface area (Å²) >= 11 is 0. The van der Waals surface area contributed by atoms with E-state index in [0.29, 0.717) is 5.56 Å². The molecular formula is C43H25N3O. The van der Waals surface area contributed by atoms with Crippen LogP contribution in [0.3, 0.4) is 0 Å². The number of para-hydroxylation sites is 5. The van der Waals surface area contributed by atoms with E-state index in [9.17, 15) is 5.26 Å². The van der Waals surface area contributed by atoms with Gasteiger partial charge in [0.25, 0.3) is 0 Å². The second kappa shape index (κ2) is 9.71. The second-order valence-corrected chi connectivity index (χ2v) is 12.0. The van der Waals surface area contributed by atoms with Crippen LogP contribution >= 0.6 is 0 Å². The molecule has 0 fully saturated rings. The van der Waals surface area contributed by atoms with Crippen molar-refractivity contribution in [3.05, 3.63) is 157 Å². The molecule has 0 spiro atoms. The van der Waals surface area contributed by atoms with Crippen molar-refractivity contribution in [3.8, 4) is 28.6 Å². The summed E-state index contributed by atoms with van der Waals surface area (Å²) < 4.78 is 11.1. The highest BCUT2D eigenvalue weighted by atomic mass is 16.3. The van der Waals surface area contributed by atoms with Gasteiger partial charge in [0.15, 0.2) is 0 Å². The van der Waals surface area contributed by atoms with E-state index in [2.05, 4.69) is 137 Å². The molecular weight excluding hydrogens is 574 g/mol. The molecule has 0 bridgehead atoms. The van der Waals surface area contributed by atoms with Gasteiger partial charge >= 0.3 is 0 Å². The van der Waals surface area contributed by atoms with E-state index in [-0.39, 0.29) is 0 Å². The maximum absolute atomic E-state index is 10.6. The van der Waals surface area contributed by atoms with E-state index in [1.165, 1.54) is 10.8 Å². The maximum Gasteiger partial charge on any atom is 0.145 e. The molecule has 4 heteroatoms. The standard InChI is InChI=1S/C43H25N3O/c44-26-28-12-10-18-30(27-11-9-13-29(25-27)45-36-19-5-1-14-31(36)32-15-2-6-20-37(32)45)42(28)46-38-21-7-3-17-35(38)41-39(46)24-23-34-33-16-4-8-22-40(33)47-43(34)41/h1-25H. The highest BCUT2D eigenvalue weighted by Crippen LogP contribution is 2.43. The third kappa shape index (κ3) is 3.57. The van der Waals surface area contributed by atoms with Crippen molar-refractivity contribution in [1.29, 1.82) is 5.26 Å². The van der Waals surface area contributed by atoms with Gasteiger partial charge in [0.05, 0.1) is 38.7 Å². The van der Waals surface area contributed by atoms with Crippen molar-refractivity contribution in [2.24, 2.45) is 0 Å². The van der Waals surface area contributed by atoms with Crippen LogP contribution in [0.4, 0.5) is 0 Å². The lowest BCUT2D eigenvalue weighted by molar-refractivity contribution is 0.673. The van der Waals surface area contributed by atoms with E-state index in [0.717, 1.165) is 77.3 Å². The largest absolute Gasteiger partial charge is 0.455 e. The van der Waals surface area contributed by atoms with Crippen molar-refractivity contribution in [2.45, 2.75) is 0 Å². The summed E-state index contributed by atoms with van der Waals surface area (Å²) in [4.78, 5) is 0. The third-order valence-corrected chi connectivity index (χ3v) is 9.56. The first-order chi connectivity index (χ1) is 23.3. The molecule has 0 unspecified atom stereocenters. The molecule has 3 aromatic heterocycles. The number of fused-ring (bicyclic) bond motifs is 10. The zero-order chi connectivity index (χ0) is 31.1. The van der Waals surface area contributed by atoms with Gasteiger partial charge in [0, 0.05) is 38.2 Å². The molecule has 218 valence electrons. The van der Waals surface area contributed by atoms with E-state index in [4.69, 9.17) is 4.42 Å². The molecule has 0 saturated heterocycles. The van der Waals surface area contributed by atoms with Crippen LogP contribution in [0.5, 0.6) is 0 Å². The SMILES string of the molecule is N#Cc1cccc(-c2cccc(-n3c4ccccc4c4ccccc43)c2)c1-n1c2ccccc2c2c3oc4ccccc4c3ccc21. The monoisotopic (exact) mass is 599 g/mol. The van der Waals surface area contributed by atoms with Gasteiger partial charge in [0.2, 0.25) is 0 Å². The fourth-order valence-electron chi connectivity index (χ4n) is 7.60. The molecule has 0 atom stereocenters. The van der Waals surface area contributed by atoms with Crippen molar-refractivity contribution in [2.75, 3.05) is 0 Å². The van der Waals surface area contributed by atoms with Gasteiger partial charge in [-0.2, -0.15) is 5.26 Å². The summed E-state index contributed by atoms with van der Waals surface area (Å²) in [6.45, 7) is 0. The number of furan rings is 1. The van der Waals surface area contributed by atoms with Gasteiger partial charge in [-0.05, 0) is 60.2 Å². The zero-order valence-electron chi connectivity index (χ0n) is 25.2. The summed E-state index contributed by atoms with van der Waals surface area (Å²) in [6, 6.07) is 55.2. The minimum Gasteiger partial charge on any atom is -0.455 e. The average molecular weight is 600 g/mol. The molecule has 0 aliphatic carbocycles. The fourth-order valence-corrected chi connectivity index (χ4v) is 7.60. The summed E-state index contributed by atoms with van der Waals surface area (Å²) in [5, 5.41) is 17.3. The molecule has 10 rings (SSSR count). The summed E-state index contributed by atoms with van der Waals surface area (Å²) in [6.07, 6.45) is 0. The zero-order valence-corrected chi connectivity index (χ0v) is 25.2. The lowest BCUT2D eigenvalue weighted by Gasteiger charge is -2.17. The minimum atomic E-state index is 0.608. The molecule has 0 radical (unpaired) electrons. The molecule has 0 N–H and O–H groups in total. The van der Waals surface area contributed by atoms with Crippen molar-refractivity contribution >= 4 is 65.6 Å². The van der Waals surface area contributed by atoms with Gasteiger partial charge in [0.1, 0.15) is 17.2 Å². The van der Waals surface area contributed by atoms with Gasteiger partial charge in [-0.3, -0.25) is 0 Å². The smallest absolute Gasteiger partial charge is 0.145 e. The Kier molecular flexibility index (Phi) is 5.32. The fraction of sp³-hybridized carbons (Fsp3) is 0. The summed E-state index contributed by atoms with van der Waals surface area (Å²) in [5.74, 6) is 0. The van der Waals surface area contributed by atoms with Crippen LogP contribution in [-0.2, 0) is 0 Å². The van der Waals surface area contributed by atoms with Crippen molar-refractivity contribution in [3.63, 3.8) is 0 Å². The topological polar surface area (TPSA) is 46.8 Å². The first-order valence-electron chi connectivity index (χ1n) is 15.8. The Hall–Kier alpha value is -6.57. The highest BCUT2D eigenvalue weighted by molar-refractivity contribution is 6.24. The van der Waals surface area contributed by atoms with E-state index in [1.807, 2.05) is 30.3 Å². The Labute approximate surface area is 269 Å². The molecule has 10 aromatic rings. The number of aromatic nitrogens is 2. The first kappa shape index (κ1) is 25.7. The average Bonchev–Trinajstić information content (AvgIpc) is 3.79. The molecule has 0 amide bonds. The highest BCUT2D eigenvalue weighted by Gasteiger charge is 2.22. The van der Waals surface area contributed by atoms with E-state index in [1.54, 1.807) is 0 Å². The molecule has 0 aliphatic heterocycles. The van der Waals surface area contributed by atoms with Crippen LogP contribution in [0.15, 0.2) is 156 Å². The van der Waals surface area contributed by atoms with Crippen LogP contribution < -0.4 is 0 Å². The molecule has 0 saturated carbocycles. The molecule has 7 aromatic carbocycles. The Morgan fingerprint density at radius 2 is 1.13 bits per heavy atom. The molecule has 4 nitrogen and oxygen atoms in total. The lowest BCUT2D eigenvalue weighted by Crippen LogP contribution is -2.01. The number of rotatable bonds is 3. The lowest BCUT2D eigenvalue weighted by atomic mass is 9.99. The maximum atomic E-state index is 10.6. The molecule has 3 heterocycles. The molecule has 47 heavy (non-hydrogen) atoms. The van der Waals surface area contributed by atoms with Gasteiger partial charge in [-0.15, -0.1) is 0 Å². The van der Waals surface area contributed by atoms with E-state index >= 15 is 0 Å². The van der Waals surface area contributed by atoms with Crippen LogP contribution in [-0.4, -0.2) is 9.13 Å². The van der Waals surface area contributed by atoms with Crippen LogP contribution in [0.25, 0.3) is 88.1 Å². The van der Waals surface area contributed by atoms with Gasteiger partial charge in [-0.25, -0.2) is 0 Å². The Morgan fingerprint density at radius 3 is 1.87 bits per heavy atom. The summed E-state index contributed by atoms with van der Waals surface area (Å²) in [7, 11) is 0. The second-order valence-electron chi connectivity index (χ2n) is 12.0. The quantitative estimate of drug-likeness (QED) is 0.203. The normalized spacial score (nSPS) is 11.8. The number of nitrogens with zero attached hydrogens (tertiary/aromatic N) is 3. The first-order valence-corrected chi connectivity index (χ1v) is 15.8. The third-order valence-electron chi connectivity index (χ3n) is 9.56. The number of hydrogen-bond donors (Lipinski definition) is 0. The number of benzene rings is 7. The number of hydrogen-bond acceptors (Lipinski definition) is 2. The Balaban J connectivity index is 1.27. The minimum absolute atomic E-state index is 0.608. The predicted molar refractivity (Wildman–Crippen MR) is 193 cm³/mol. The van der Waals surface area contributed by atoms with Crippen molar-refractivity contribution in [1.82, 2.24) is 9.13 Å². The summed E-state index contributed by atoms with van der Waals surface area (Å²) in [5.41, 5.74) is 10.6. The van der Waals surface area contributed by atoms with Gasteiger partial charge in [-0.1, -0.05) is 97.1 Å². The predicted octanol–water partition coefficient (Wildman–Crippen LogP) is 11.3. The van der Waals surface area contributed by atoms with Crippen molar-refractivity contribution < 1.29 is 4.42 Å². The Morgan fingerprint density at radius 1 is 0.489 bits per heavy atom.